The van der Waals surface area contributed by atoms with Crippen molar-refractivity contribution in [3.8, 4) is 0 Å². The van der Waals surface area contributed by atoms with Crippen LogP contribution in [0.5, 0.6) is 0 Å². The van der Waals surface area contributed by atoms with Crippen molar-refractivity contribution in [1.82, 2.24) is 14.9 Å². The zero-order chi connectivity index (χ0) is 19.5. The number of anilines is 1. The lowest BCUT2D eigenvalue weighted by Crippen LogP contribution is -2.41. The average Bonchev–Trinajstić information content (AvgIpc) is 3.16. The minimum Gasteiger partial charge on any atom is -0.325 e. The highest BCUT2D eigenvalue weighted by Crippen LogP contribution is 2.37. The van der Waals surface area contributed by atoms with Gasteiger partial charge in [-0.3, -0.25) is 4.79 Å². The molecule has 1 amide bonds. The molecule has 1 aliphatic rings. The summed E-state index contributed by atoms with van der Waals surface area (Å²) in [5, 5.41) is 11.9. The molecule has 144 valence electrons. The molecule has 1 aromatic heterocycles. The van der Waals surface area contributed by atoms with Crippen LogP contribution in [-0.2, 0) is 17.6 Å². The second-order valence-electron chi connectivity index (χ2n) is 6.68. The Kier molecular flexibility index (Phi) is 5.34. The molecule has 3 aromatic rings. The maximum absolute atomic E-state index is 13.2. The van der Waals surface area contributed by atoms with Crippen LogP contribution >= 0.6 is 11.8 Å². The summed E-state index contributed by atoms with van der Waals surface area (Å²) in [6, 6.07) is 17.8. The summed E-state index contributed by atoms with van der Waals surface area (Å²) in [4.78, 5) is 13.2. The molecule has 2 heterocycles. The number of thioether (sulfide) groups is 1. The molecule has 4 rings (SSSR count). The lowest BCUT2D eigenvalue weighted by atomic mass is 10.0. The van der Waals surface area contributed by atoms with Crippen LogP contribution in [0.2, 0.25) is 0 Å². The van der Waals surface area contributed by atoms with Gasteiger partial charge in [-0.05, 0) is 29.7 Å². The Hall–Kier alpha value is -2.80. The van der Waals surface area contributed by atoms with E-state index in [0.717, 1.165) is 29.9 Å². The minimum absolute atomic E-state index is 0.0529. The Balaban J connectivity index is 1.62. The SMILES string of the molecule is CCc1ccc(NC(=O)[C@@H]2Sc3nnc(CC)n3N[C@H]2c2ccccc2)cc1. The molecule has 0 fully saturated rings. The molecular formula is C21H23N5OS. The molecule has 7 heteroatoms. The van der Waals surface area contributed by atoms with Crippen LogP contribution in [0.15, 0.2) is 59.8 Å². The molecule has 0 aliphatic carbocycles. The van der Waals surface area contributed by atoms with Crippen LogP contribution in [0.25, 0.3) is 0 Å². The number of nitrogens with one attached hydrogen (secondary N) is 2. The quantitative estimate of drug-likeness (QED) is 0.690. The van der Waals surface area contributed by atoms with Crippen LogP contribution in [-0.4, -0.2) is 26.0 Å². The molecule has 1 aliphatic heterocycles. The first kappa shape index (κ1) is 18.6. The first-order valence-electron chi connectivity index (χ1n) is 9.51. The number of aromatic nitrogens is 3. The highest BCUT2D eigenvalue weighted by atomic mass is 32.2. The number of carbonyl (C=O) groups is 1. The Morgan fingerprint density at radius 2 is 1.82 bits per heavy atom. The van der Waals surface area contributed by atoms with Gasteiger partial charge in [-0.15, -0.1) is 10.2 Å². The Bertz CT molecular complexity index is 955. The van der Waals surface area contributed by atoms with E-state index in [1.165, 1.54) is 17.3 Å². The van der Waals surface area contributed by atoms with E-state index in [1.807, 2.05) is 66.2 Å². The molecule has 2 aromatic carbocycles. The summed E-state index contributed by atoms with van der Waals surface area (Å²) in [5.41, 5.74) is 6.56. The second-order valence-corrected chi connectivity index (χ2v) is 7.79. The predicted octanol–water partition coefficient (Wildman–Crippen LogP) is 3.80. The number of fused-ring (bicyclic) bond motifs is 1. The van der Waals surface area contributed by atoms with Gasteiger partial charge in [-0.2, -0.15) is 0 Å². The molecule has 0 radical (unpaired) electrons. The molecule has 28 heavy (non-hydrogen) atoms. The Morgan fingerprint density at radius 1 is 1.07 bits per heavy atom. The number of rotatable bonds is 5. The van der Waals surface area contributed by atoms with Crippen LogP contribution < -0.4 is 10.7 Å². The van der Waals surface area contributed by atoms with E-state index in [1.54, 1.807) is 0 Å². The normalized spacial score (nSPS) is 18.2. The van der Waals surface area contributed by atoms with Crippen molar-refractivity contribution in [3.05, 3.63) is 71.5 Å². The summed E-state index contributed by atoms with van der Waals surface area (Å²) in [6.07, 6.45) is 1.74. The standard InChI is InChI=1S/C21H23N5OS/c1-3-14-10-12-16(13-11-14)22-20(27)19-18(15-8-6-5-7-9-15)25-26-17(4-2)23-24-21(26)28-19/h5-13,18-19,25H,3-4H2,1-2H3,(H,22,27)/t18-,19+/m0/s1. The number of hydrogen-bond donors (Lipinski definition) is 2. The molecule has 2 N–H and O–H groups in total. The number of hydrogen-bond acceptors (Lipinski definition) is 5. The Labute approximate surface area is 168 Å². The van der Waals surface area contributed by atoms with Crippen molar-refractivity contribution in [3.63, 3.8) is 0 Å². The van der Waals surface area contributed by atoms with Crippen molar-refractivity contribution in [1.29, 1.82) is 0 Å². The first-order valence-corrected chi connectivity index (χ1v) is 10.4. The maximum atomic E-state index is 13.2. The van der Waals surface area contributed by atoms with Crippen LogP contribution in [0.3, 0.4) is 0 Å². The van der Waals surface area contributed by atoms with Gasteiger partial charge >= 0.3 is 0 Å². The largest absolute Gasteiger partial charge is 0.325 e. The smallest absolute Gasteiger partial charge is 0.240 e. The summed E-state index contributed by atoms with van der Waals surface area (Å²) in [6.45, 7) is 4.16. The van der Waals surface area contributed by atoms with Crippen molar-refractivity contribution in [2.75, 3.05) is 10.7 Å². The molecular weight excluding hydrogens is 370 g/mol. The summed E-state index contributed by atoms with van der Waals surface area (Å²) >= 11 is 1.45. The molecule has 0 spiro atoms. The van der Waals surface area contributed by atoms with Gasteiger partial charge < -0.3 is 10.7 Å². The van der Waals surface area contributed by atoms with Gasteiger partial charge in [0.05, 0.1) is 6.04 Å². The highest BCUT2D eigenvalue weighted by Gasteiger charge is 2.37. The van der Waals surface area contributed by atoms with Gasteiger partial charge in [0.25, 0.3) is 0 Å². The average molecular weight is 394 g/mol. The van der Waals surface area contributed by atoms with Crippen molar-refractivity contribution >= 4 is 23.4 Å². The number of aryl methyl sites for hydroxylation is 2. The van der Waals surface area contributed by atoms with Gasteiger partial charge in [-0.1, -0.05) is 68.1 Å². The number of nitrogens with zero attached hydrogens (tertiary/aromatic N) is 3. The summed E-state index contributed by atoms with van der Waals surface area (Å²) in [5.74, 6) is 0.806. The van der Waals surface area contributed by atoms with Crippen molar-refractivity contribution < 1.29 is 4.79 Å². The third kappa shape index (κ3) is 3.62. The molecule has 0 saturated heterocycles. The van der Waals surface area contributed by atoms with E-state index in [0.29, 0.717) is 5.16 Å². The fourth-order valence-corrected chi connectivity index (χ4v) is 4.37. The zero-order valence-corrected chi connectivity index (χ0v) is 16.7. The topological polar surface area (TPSA) is 71.8 Å². The van der Waals surface area contributed by atoms with Gasteiger partial charge in [0.2, 0.25) is 11.1 Å². The lowest BCUT2D eigenvalue weighted by molar-refractivity contribution is -0.116. The van der Waals surface area contributed by atoms with Gasteiger partial charge in [0.1, 0.15) is 5.25 Å². The molecule has 6 nitrogen and oxygen atoms in total. The summed E-state index contributed by atoms with van der Waals surface area (Å²) in [7, 11) is 0. The van der Waals surface area contributed by atoms with E-state index in [4.69, 9.17) is 0 Å². The van der Waals surface area contributed by atoms with Crippen LogP contribution in [0.1, 0.15) is 36.8 Å². The van der Waals surface area contributed by atoms with E-state index >= 15 is 0 Å². The number of amides is 1. The van der Waals surface area contributed by atoms with Gasteiger partial charge in [0.15, 0.2) is 5.82 Å². The molecule has 2 atom stereocenters. The van der Waals surface area contributed by atoms with Crippen LogP contribution in [0.4, 0.5) is 5.69 Å². The summed E-state index contributed by atoms with van der Waals surface area (Å²) < 4.78 is 1.90. The van der Waals surface area contributed by atoms with Crippen molar-refractivity contribution in [2.24, 2.45) is 0 Å². The molecule has 0 saturated carbocycles. The third-order valence-electron chi connectivity index (χ3n) is 4.87. The fraction of sp³-hybridized carbons (Fsp3) is 0.286. The predicted molar refractivity (Wildman–Crippen MR) is 112 cm³/mol. The molecule has 0 unspecified atom stereocenters. The first-order chi connectivity index (χ1) is 13.7. The number of benzene rings is 2. The lowest BCUT2D eigenvalue weighted by Gasteiger charge is -2.33. The zero-order valence-electron chi connectivity index (χ0n) is 15.9. The highest BCUT2D eigenvalue weighted by molar-refractivity contribution is 8.00. The molecule has 0 bridgehead atoms. The van der Waals surface area contributed by atoms with E-state index in [-0.39, 0.29) is 17.2 Å². The maximum Gasteiger partial charge on any atom is 0.240 e. The van der Waals surface area contributed by atoms with E-state index in [2.05, 4.69) is 27.9 Å². The van der Waals surface area contributed by atoms with E-state index in [9.17, 15) is 4.79 Å². The monoisotopic (exact) mass is 393 g/mol. The Morgan fingerprint density at radius 3 is 2.50 bits per heavy atom. The minimum atomic E-state index is -0.366. The van der Waals surface area contributed by atoms with E-state index < -0.39 is 0 Å². The van der Waals surface area contributed by atoms with Crippen LogP contribution in [0, 0.1) is 0 Å². The third-order valence-corrected chi connectivity index (χ3v) is 6.08. The number of carbonyl (C=O) groups excluding carboxylic acids is 1. The van der Waals surface area contributed by atoms with Crippen molar-refractivity contribution in [2.45, 2.75) is 43.1 Å². The second kappa shape index (κ2) is 8.06. The van der Waals surface area contributed by atoms with Gasteiger partial charge in [-0.25, -0.2) is 4.68 Å². The fourth-order valence-electron chi connectivity index (χ4n) is 3.28. The van der Waals surface area contributed by atoms with Gasteiger partial charge in [0, 0.05) is 12.1 Å².